The first-order chi connectivity index (χ1) is 8.15. The van der Waals surface area contributed by atoms with E-state index in [0.717, 1.165) is 25.9 Å². The number of rotatable bonds is 7. The molecule has 0 saturated carbocycles. The topological polar surface area (TPSA) is 70.0 Å². The molecule has 5 heteroatoms. The van der Waals surface area contributed by atoms with E-state index >= 15 is 0 Å². The molecule has 0 amide bonds. The molecule has 2 atom stereocenters. The van der Waals surface area contributed by atoms with E-state index in [9.17, 15) is 9.90 Å². The highest BCUT2D eigenvalue weighted by atomic mass is 16.5. The van der Waals surface area contributed by atoms with Crippen molar-refractivity contribution in [1.29, 1.82) is 0 Å². The second-order valence-corrected chi connectivity index (χ2v) is 4.59. The molecule has 2 unspecified atom stereocenters. The van der Waals surface area contributed by atoms with Crippen molar-refractivity contribution in [3.8, 4) is 0 Å². The number of esters is 1. The first kappa shape index (κ1) is 14.4. The van der Waals surface area contributed by atoms with Gasteiger partial charge in [0.05, 0.1) is 19.1 Å². The van der Waals surface area contributed by atoms with Gasteiger partial charge in [0, 0.05) is 19.7 Å². The van der Waals surface area contributed by atoms with E-state index in [1.165, 1.54) is 0 Å². The van der Waals surface area contributed by atoms with Gasteiger partial charge in [-0.15, -0.1) is 0 Å². The van der Waals surface area contributed by atoms with E-state index in [2.05, 4.69) is 4.90 Å². The van der Waals surface area contributed by atoms with Crippen LogP contribution in [0.1, 0.15) is 26.2 Å². The summed E-state index contributed by atoms with van der Waals surface area (Å²) in [5, 5.41) is 18.6. The van der Waals surface area contributed by atoms with E-state index in [4.69, 9.17) is 9.84 Å². The average molecular weight is 245 g/mol. The third-order valence-corrected chi connectivity index (χ3v) is 3.08. The quantitative estimate of drug-likeness (QED) is 0.618. The third kappa shape index (κ3) is 5.48. The SMILES string of the molecule is CCOC(=O)CC(O)CN1CCC(CCO)C1. The fourth-order valence-electron chi connectivity index (χ4n) is 2.27. The highest BCUT2D eigenvalue weighted by Gasteiger charge is 2.24. The van der Waals surface area contributed by atoms with Gasteiger partial charge in [-0.25, -0.2) is 0 Å². The number of aliphatic hydroxyl groups excluding tert-OH is 2. The number of likely N-dealkylation sites (tertiary alicyclic amines) is 1. The fourth-order valence-corrected chi connectivity index (χ4v) is 2.27. The molecule has 5 nitrogen and oxygen atoms in total. The first-order valence-electron chi connectivity index (χ1n) is 6.32. The molecule has 1 rings (SSSR count). The molecule has 0 aliphatic carbocycles. The summed E-state index contributed by atoms with van der Waals surface area (Å²) in [5.41, 5.74) is 0. The van der Waals surface area contributed by atoms with Crippen LogP contribution in [0.25, 0.3) is 0 Å². The second-order valence-electron chi connectivity index (χ2n) is 4.59. The lowest BCUT2D eigenvalue weighted by atomic mass is 10.1. The van der Waals surface area contributed by atoms with Crippen LogP contribution in [-0.4, -0.2) is 60.0 Å². The summed E-state index contributed by atoms with van der Waals surface area (Å²) in [6.07, 6.45) is 1.30. The highest BCUT2D eigenvalue weighted by molar-refractivity contribution is 5.69. The van der Waals surface area contributed by atoms with Crippen molar-refractivity contribution in [2.45, 2.75) is 32.3 Å². The maximum absolute atomic E-state index is 11.2. The molecular formula is C12H23NO4. The number of carbonyl (C=O) groups is 1. The van der Waals surface area contributed by atoms with Crippen LogP contribution < -0.4 is 0 Å². The van der Waals surface area contributed by atoms with Gasteiger partial charge in [0.15, 0.2) is 0 Å². The van der Waals surface area contributed by atoms with Crippen LogP contribution >= 0.6 is 0 Å². The molecule has 1 aliphatic rings. The lowest BCUT2D eigenvalue weighted by molar-refractivity contribution is -0.145. The van der Waals surface area contributed by atoms with Crippen molar-refractivity contribution >= 4 is 5.97 Å². The Morgan fingerprint density at radius 1 is 1.59 bits per heavy atom. The number of hydrogen-bond donors (Lipinski definition) is 2. The second kappa shape index (κ2) is 7.63. The smallest absolute Gasteiger partial charge is 0.308 e. The van der Waals surface area contributed by atoms with Crippen LogP contribution in [0, 0.1) is 5.92 Å². The first-order valence-corrected chi connectivity index (χ1v) is 6.32. The van der Waals surface area contributed by atoms with Gasteiger partial charge in [-0.3, -0.25) is 4.79 Å². The fraction of sp³-hybridized carbons (Fsp3) is 0.917. The Morgan fingerprint density at radius 3 is 3.00 bits per heavy atom. The van der Waals surface area contributed by atoms with Crippen LogP contribution in [0.3, 0.4) is 0 Å². The van der Waals surface area contributed by atoms with Gasteiger partial charge in [-0.1, -0.05) is 0 Å². The molecule has 1 heterocycles. The van der Waals surface area contributed by atoms with Crippen LogP contribution in [0.4, 0.5) is 0 Å². The number of β-amino-alcohol motifs (C(OH)–C–C–N with tert-alkyl or cyclic N) is 1. The number of carbonyl (C=O) groups excluding carboxylic acids is 1. The highest BCUT2D eigenvalue weighted by Crippen LogP contribution is 2.19. The lowest BCUT2D eigenvalue weighted by Gasteiger charge is -2.19. The summed E-state index contributed by atoms with van der Waals surface area (Å²) in [7, 11) is 0. The summed E-state index contributed by atoms with van der Waals surface area (Å²) in [5.74, 6) is 0.181. The van der Waals surface area contributed by atoms with Gasteiger partial charge in [0.25, 0.3) is 0 Å². The largest absolute Gasteiger partial charge is 0.466 e. The average Bonchev–Trinajstić information content (AvgIpc) is 2.66. The van der Waals surface area contributed by atoms with Crippen molar-refractivity contribution in [2.24, 2.45) is 5.92 Å². The minimum atomic E-state index is -0.651. The number of hydrogen-bond acceptors (Lipinski definition) is 5. The summed E-state index contributed by atoms with van der Waals surface area (Å²) in [6, 6.07) is 0. The Labute approximate surface area is 102 Å². The summed E-state index contributed by atoms with van der Waals surface area (Å²) < 4.78 is 4.79. The van der Waals surface area contributed by atoms with Gasteiger partial charge in [-0.2, -0.15) is 0 Å². The van der Waals surface area contributed by atoms with Gasteiger partial charge in [-0.05, 0) is 32.2 Å². The molecule has 17 heavy (non-hydrogen) atoms. The molecule has 0 aromatic heterocycles. The Balaban J connectivity index is 2.19. The molecule has 0 bridgehead atoms. The Hall–Kier alpha value is -0.650. The molecule has 1 fully saturated rings. The number of ether oxygens (including phenoxy) is 1. The van der Waals surface area contributed by atoms with E-state index in [-0.39, 0.29) is 19.0 Å². The Kier molecular flexibility index (Phi) is 6.47. The van der Waals surface area contributed by atoms with Crippen LogP contribution in [0.15, 0.2) is 0 Å². The van der Waals surface area contributed by atoms with Crippen molar-refractivity contribution in [1.82, 2.24) is 4.90 Å². The molecule has 1 saturated heterocycles. The van der Waals surface area contributed by atoms with Gasteiger partial charge < -0.3 is 19.8 Å². The number of nitrogens with zero attached hydrogens (tertiary/aromatic N) is 1. The normalized spacial score (nSPS) is 22.6. The molecule has 100 valence electrons. The molecule has 0 aromatic rings. The van der Waals surface area contributed by atoms with Gasteiger partial charge in [0.1, 0.15) is 0 Å². The van der Waals surface area contributed by atoms with Crippen molar-refractivity contribution < 1.29 is 19.7 Å². The van der Waals surface area contributed by atoms with Crippen molar-refractivity contribution in [3.05, 3.63) is 0 Å². The third-order valence-electron chi connectivity index (χ3n) is 3.08. The molecule has 0 spiro atoms. The maximum Gasteiger partial charge on any atom is 0.308 e. The summed E-state index contributed by atoms with van der Waals surface area (Å²) in [6.45, 7) is 4.69. The molecule has 0 aromatic carbocycles. The Bertz CT molecular complexity index is 235. The summed E-state index contributed by atoms with van der Waals surface area (Å²) >= 11 is 0. The molecule has 0 radical (unpaired) electrons. The zero-order valence-electron chi connectivity index (χ0n) is 10.5. The van der Waals surface area contributed by atoms with E-state index in [1.807, 2.05) is 0 Å². The minimum absolute atomic E-state index is 0.0645. The predicted octanol–water partition coefficient (Wildman–Crippen LogP) is 0.00480. The van der Waals surface area contributed by atoms with Crippen LogP contribution in [0.5, 0.6) is 0 Å². The molecule has 2 N–H and O–H groups in total. The van der Waals surface area contributed by atoms with Crippen LogP contribution in [-0.2, 0) is 9.53 Å². The minimum Gasteiger partial charge on any atom is -0.466 e. The predicted molar refractivity (Wildman–Crippen MR) is 63.5 cm³/mol. The zero-order chi connectivity index (χ0) is 12.7. The lowest BCUT2D eigenvalue weighted by Crippen LogP contribution is -2.32. The maximum atomic E-state index is 11.2. The molecular weight excluding hydrogens is 222 g/mol. The monoisotopic (exact) mass is 245 g/mol. The Morgan fingerprint density at radius 2 is 2.35 bits per heavy atom. The number of aliphatic hydroxyl groups is 2. The van der Waals surface area contributed by atoms with Gasteiger partial charge in [0.2, 0.25) is 0 Å². The van der Waals surface area contributed by atoms with Gasteiger partial charge >= 0.3 is 5.97 Å². The standard InChI is InChI=1S/C12H23NO4/c1-2-17-12(16)7-11(15)9-13-5-3-10(8-13)4-6-14/h10-11,14-15H,2-9H2,1H3. The van der Waals surface area contributed by atoms with Crippen molar-refractivity contribution in [3.63, 3.8) is 0 Å². The van der Waals surface area contributed by atoms with E-state index < -0.39 is 6.10 Å². The molecule has 1 aliphatic heterocycles. The zero-order valence-corrected chi connectivity index (χ0v) is 10.5. The van der Waals surface area contributed by atoms with E-state index in [1.54, 1.807) is 6.92 Å². The van der Waals surface area contributed by atoms with Crippen LogP contribution in [0.2, 0.25) is 0 Å². The summed E-state index contributed by atoms with van der Waals surface area (Å²) in [4.78, 5) is 13.3. The van der Waals surface area contributed by atoms with E-state index in [0.29, 0.717) is 19.1 Å². The van der Waals surface area contributed by atoms with Crippen molar-refractivity contribution in [2.75, 3.05) is 32.8 Å².